The van der Waals surface area contributed by atoms with Crippen molar-refractivity contribution in [1.82, 2.24) is 30.0 Å². The van der Waals surface area contributed by atoms with Crippen molar-refractivity contribution in [2.45, 2.75) is 44.6 Å². The number of benzene rings is 1. The molecule has 150 valence electrons. The summed E-state index contributed by atoms with van der Waals surface area (Å²) >= 11 is 0. The number of carbonyl (C=O) groups is 1. The quantitative estimate of drug-likeness (QED) is 0.673. The van der Waals surface area contributed by atoms with Crippen LogP contribution in [-0.2, 0) is 0 Å². The van der Waals surface area contributed by atoms with Crippen LogP contribution in [0.4, 0.5) is 4.39 Å². The van der Waals surface area contributed by atoms with E-state index in [1.165, 1.54) is 6.07 Å². The van der Waals surface area contributed by atoms with Crippen LogP contribution >= 0.6 is 0 Å². The van der Waals surface area contributed by atoms with Crippen LogP contribution in [0.15, 0.2) is 28.9 Å². The van der Waals surface area contributed by atoms with Gasteiger partial charge in [0, 0.05) is 24.6 Å². The molecule has 29 heavy (non-hydrogen) atoms. The number of hydrogen-bond donors (Lipinski definition) is 0. The van der Waals surface area contributed by atoms with Crippen molar-refractivity contribution >= 4 is 5.91 Å². The second-order valence-electron chi connectivity index (χ2n) is 7.83. The maximum Gasteiger partial charge on any atom is 0.280 e. The van der Waals surface area contributed by atoms with Crippen LogP contribution in [0, 0.1) is 12.7 Å². The largest absolute Gasteiger partial charge is 0.336 e. The fourth-order valence-electron chi connectivity index (χ4n) is 3.66. The summed E-state index contributed by atoms with van der Waals surface area (Å²) in [6, 6.07) is 4.61. The highest BCUT2D eigenvalue weighted by Crippen LogP contribution is 2.38. The third kappa shape index (κ3) is 3.52. The van der Waals surface area contributed by atoms with Crippen molar-refractivity contribution in [3.8, 4) is 11.6 Å². The van der Waals surface area contributed by atoms with E-state index in [4.69, 9.17) is 4.52 Å². The van der Waals surface area contributed by atoms with Gasteiger partial charge in [0.05, 0.1) is 12.2 Å². The molecule has 2 aliphatic rings. The van der Waals surface area contributed by atoms with Crippen LogP contribution in [-0.4, -0.2) is 49.0 Å². The van der Waals surface area contributed by atoms with Crippen molar-refractivity contribution in [1.29, 1.82) is 0 Å². The maximum atomic E-state index is 13.9. The zero-order valence-electron chi connectivity index (χ0n) is 16.1. The molecule has 0 radical (unpaired) electrons. The minimum absolute atomic E-state index is 0.00457. The smallest absolute Gasteiger partial charge is 0.280 e. The monoisotopic (exact) mass is 396 g/mol. The lowest BCUT2D eigenvalue weighted by atomic mass is 10.0. The first kappa shape index (κ1) is 18.0. The third-order valence-corrected chi connectivity index (χ3v) is 5.59. The molecule has 1 saturated carbocycles. The van der Waals surface area contributed by atoms with E-state index in [1.54, 1.807) is 34.8 Å². The van der Waals surface area contributed by atoms with Gasteiger partial charge >= 0.3 is 0 Å². The Labute approximate surface area is 166 Å². The Morgan fingerprint density at radius 2 is 2.14 bits per heavy atom. The molecule has 1 unspecified atom stereocenters. The number of likely N-dealkylation sites (tertiary alicyclic amines) is 1. The van der Waals surface area contributed by atoms with Gasteiger partial charge < -0.3 is 9.42 Å². The standard InChI is InChI=1S/C20H21FN6O2/c1-12-4-5-14(9-16(12)21)20(28)26-8-2-3-15(10-26)27-11-17(23-25-27)19-22-18(24-29-19)13-6-7-13/h4-5,9,11,13,15H,2-3,6-8,10H2,1H3. The number of halogens is 1. The van der Waals surface area contributed by atoms with Gasteiger partial charge in [0.2, 0.25) is 0 Å². The van der Waals surface area contributed by atoms with Crippen molar-refractivity contribution < 1.29 is 13.7 Å². The molecule has 0 bridgehead atoms. The predicted molar refractivity (Wildman–Crippen MR) is 101 cm³/mol. The van der Waals surface area contributed by atoms with Crippen LogP contribution in [0.2, 0.25) is 0 Å². The first-order valence-electron chi connectivity index (χ1n) is 9.90. The van der Waals surface area contributed by atoms with Crippen LogP contribution in [0.3, 0.4) is 0 Å². The summed E-state index contributed by atoms with van der Waals surface area (Å²) in [5, 5.41) is 12.4. The minimum Gasteiger partial charge on any atom is -0.336 e. The van der Waals surface area contributed by atoms with E-state index in [2.05, 4.69) is 20.5 Å². The molecule has 9 heteroatoms. The number of aromatic nitrogens is 5. The Morgan fingerprint density at radius 3 is 2.93 bits per heavy atom. The summed E-state index contributed by atoms with van der Waals surface area (Å²) in [5.41, 5.74) is 1.43. The number of amides is 1. The number of aryl methyl sites for hydroxylation is 1. The molecule has 5 rings (SSSR count). The van der Waals surface area contributed by atoms with Gasteiger partial charge in [-0.3, -0.25) is 4.79 Å². The number of piperidine rings is 1. The second kappa shape index (κ2) is 7.06. The Morgan fingerprint density at radius 1 is 1.28 bits per heavy atom. The molecule has 2 aromatic heterocycles. The second-order valence-corrected chi connectivity index (χ2v) is 7.83. The molecule has 2 fully saturated rings. The summed E-state index contributed by atoms with van der Waals surface area (Å²) in [7, 11) is 0. The van der Waals surface area contributed by atoms with Crippen molar-refractivity contribution in [2.75, 3.05) is 13.1 Å². The van der Waals surface area contributed by atoms with Crippen molar-refractivity contribution in [3.05, 3.63) is 47.2 Å². The summed E-state index contributed by atoms with van der Waals surface area (Å²) < 4.78 is 20.9. The van der Waals surface area contributed by atoms with E-state index < -0.39 is 0 Å². The van der Waals surface area contributed by atoms with Crippen molar-refractivity contribution in [2.24, 2.45) is 0 Å². The van der Waals surface area contributed by atoms with E-state index in [-0.39, 0.29) is 17.8 Å². The topological polar surface area (TPSA) is 89.9 Å². The van der Waals surface area contributed by atoms with E-state index in [0.717, 1.165) is 31.5 Å². The Kier molecular flexibility index (Phi) is 4.37. The van der Waals surface area contributed by atoms with Crippen LogP contribution < -0.4 is 0 Å². The fraction of sp³-hybridized carbons (Fsp3) is 0.450. The highest BCUT2D eigenvalue weighted by atomic mass is 19.1. The molecule has 8 nitrogen and oxygen atoms in total. The Balaban J connectivity index is 1.30. The van der Waals surface area contributed by atoms with Gasteiger partial charge in [-0.15, -0.1) is 5.10 Å². The highest BCUT2D eigenvalue weighted by Gasteiger charge is 2.30. The van der Waals surface area contributed by atoms with E-state index in [1.807, 2.05) is 0 Å². The van der Waals surface area contributed by atoms with E-state index in [0.29, 0.717) is 41.7 Å². The lowest BCUT2D eigenvalue weighted by molar-refractivity contribution is 0.0671. The van der Waals surface area contributed by atoms with Gasteiger partial charge in [-0.2, -0.15) is 4.98 Å². The summed E-state index contributed by atoms with van der Waals surface area (Å²) in [5.74, 6) is 0.980. The van der Waals surface area contributed by atoms with Gasteiger partial charge in [-0.25, -0.2) is 9.07 Å². The molecule has 1 aromatic carbocycles. The summed E-state index contributed by atoms with van der Waals surface area (Å²) in [4.78, 5) is 19.0. The van der Waals surface area contributed by atoms with Gasteiger partial charge in [0.25, 0.3) is 11.8 Å². The normalized spacial score (nSPS) is 19.5. The highest BCUT2D eigenvalue weighted by molar-refractivity contribution is 5.94. The molecular weight excluding hydrogens is 375 g/mol. The first-order valence-corrected chi connectivity index (χ1v) is 9.90. The molecule has 1 aliphatic heterocycles. The van der Waals surface area contributed by atoms with Gasteiger partial charge in [0.1, 0.15) is 5.82 Å². The lowest BCUT2D eigenvalue weighted by Crippen LogP contribution is -2.40. The average molecular weight is 396 g/mol. The van der Waals surface area contributed by atoms with Crippen molar-refractivity contribution in [3.63, 3.8) is 0 Å². The maximum absolute atomic E-state index is 13.9. The molecule has 1 saturated heterocycles. The van der Waals surface area contributed by atoms with Crippen LogP contribution in [0.1, 0.15) is 59.4 Å². The van der Waals surface area contributed by atoms with E-state index in [9.17, 15) is 9.18 Å². The van der Waals surface area contributed by atoms with Gasteiger partial charge in [0.15, 0.2) is 11.5 Å². The zero-order valence-corrected chi connectivity index (χ0v) is 16.1. The number of hydrogen-bond acceptors (Lipinski definition) is 6. The average Bonchev–Trinajstić information content (AvgIpc) is 3.26. The van der Waals surface area contributed by atoms with Gasteiger partial charge in [-0.05, 0) is 50.3 Å². The predicted octanol–water partition coefficient (Wildman–Crippen LogP) is 3.13. The molecule has 0 spiro atoms. The van der Waals surface area contributed by atoms with Crippen LogP contribution in [0.25, 0.3) is 11.6 Å². The van der Waals surface area contributed by atoms with Crippen LogP contribution in [0.5, 0.6) is 0 Å². The number of nitrogens with zero attached hydrogens (tertiary/aromatic N) is 6. The zero-order chi connectivity index (χ0) is 20.0. The molecule has 1 amide bonds. The SMILES string of the molecule is Cc1ccc(C(=O)N2CCCC(n3cc(-c4nc(C5CC5)no4)nn3)C2)cc1F. The number of rotatable bonds is 4. The minimum atomic E-state index is -0.365. The molecule has 0 N–H and O–H groups in total. The summed E-state index contributed by atoms with van der Waals surface area (Å²) in [6.07, 6.45) is 5.71. The Hall–Kier alpha value is -3.10. The third-order valence-electron chi connectivity index (χ3n) is 5.59. The molecule has 3 aromatic rings. The van der Waals surface area contributed by atoms with Gasteiger partial charge in [-0.1, -0.05) is 16.4 Å². The first-order chi connectivity index (χ1) is 14.1. The lowest BCUT2D eigenvalue weighted by Gasteiger charge is -2.32. The summed E-state index contributed by atoms with van der Waals surface area (Å²) in [6.45, 7) is 2.81. The Bertz CT molecular complexity index is 1060. The molecule has 1 aliphatic carbocycles. The van der Waals surface area contributed by atoms with E-state index >= 15 is 0 Å². The molecule has 3 heterocycles. The fourth-order valence-corrected chi connectivity index (χ4v) is 3.66. The molecular formula is C20H21FN6O2. The molecule has 1 atom stereocenters. The number of carbonyl (C=O) groups excluding carboxylic acids is 1.